The fraction of sp³-hybridized carbons (Fsp3) is 0.0870. The van der Waals surface area contributed by atoms with E-state index in [2.05, 4.69) is 10.5 Å². The van der Waals surface area contributed by atoms with E-state index in [1.165, 1.54) is 18.2 Å². The van der Waals surface area contributed by atoms with Gasteiger partial charge in [-0.1, -0.05) is 52.7 Å². The van der Waals surface area contributed by atoms with Gasteiger partial charge in [-0.3, -0.25) is 14.9 Å². The van der Waals surface area contributed by atoms with E-state index in [9.17, 15) is 20.2 Å². The molecule has 0 spiro atoms. The van der Waals surface area contributed by atoms with E-state index < -0.39 is 10.8 Å². The number of rotatable bonds is 6. The molecule has 0 bridgehead atoms. The highest BCUT2D eigenvalue weighted by molar-refractivity contribution is 6.30. The summed E-state index contributed by atoms with van der Waals surface area (Å²) in [5.41, 5.74) is 2.17. The van der Waals surface area contributed by atoms with E-state index in [1.807, 2.05) is 31.2 Å². The van der Waals surface area contributed by atoms with Crippen LogP contribution in [0.3, 0.4) is 0 Å². The third-order valence-corrected chi connectivity index (χ3v) is 4.72. The lowest BCUT2D eigenvalue weighted by Gasteiger charge is -2.04. The Labute approximate surface area is 188 Å². The second-order valence-electron chi connectivity index (χ2n) is 6.84. The van der Waals surface area contributed by atoms with Crippen molar-refractivity contribution in [3.05, 3.63) is 91.3 Å². The molecule has 0 fully saturated rings. The molecule has 160 valence electrons. The molecule has 2 aromatic carbocycles. The molecule has 1 heterocycles. The van der Waals surface area contributed by atoms with Gasteiger partial charge in [0.2, 0.25) is 0 Å². The summed E-state index contributed by atoms with van der Waals surface area (Å²) in [6, 6.07) is 13.4. The Balaban J connectivity index is 1.88. The normalized spacial score (nSPS) is 11.4. The zero-order chi connectivity index (χ0) is 23.3. The Bertz CT molecular complexity index is 1280. The number of halogens is 1. The van der Waals surface area contributed by atoms with Crippen molar-refractivity contribution in [2.45, 2.75) is 13.8 Å². The Kier molecular flexibility index (Phi) is 6.83. The number of carbonyl (C=O) groups is 1. The third-order valence-electron chi connectivity index (χ3n) is 4.48. The van der Waals surface area contributed by atoms with E-state index >= 15 is 0 Å². The number of aromatic nitrogens is 1. The molecule has 0 saturated heterocycles. The number of nitrogens with one attached hydrogen (secondary N) is 1. The summed E-state index contributed by atoms with van der Waals surface area (Å²) in [6.07, 6.45) is 4.56. The largest absolute Gasteiger partial charge is 0.354 e. The summed E-state index contributed by atoms with van der Waals surface area (Å²) < 4.78 is 5.28. The van der Waals surface area contributed by atoms with Crippen molar-refractivity contribution < 1.29 is 14.2 Å². The maximum atomic E-state index is 12.7. The molecule has 8 nitrogen and oxygen atoms in total. The Hall–Kier alpha value is -4.22. The number of benzene rings is 2. The van der Waals surface area contributed by atoms with Gasteiger partial charge >= 0.3 is 0 Å². The summed E-state index contributed by atoms with van der Waals surface area (Å²) in [5.74, 6) is -0.472. The summed E-state index contributed by atoms with van der Waals surface area (Å²) in [7, 11) is 0. The number of nitriles is 1. The second kappa shape index (κ2) is 9.73. The van der Waals surface area contributed by atoms with Gasteiger partial charge in [-0.05, 0) is 43.7 Å². The maximum Gasteiger partial charge on any atom is 0.276 e. The number of hydrogen-bond acceptors (Lipinski definition) is 6. The Morgan fingerprint density at radius 3 is 2.59 bits per heavy atom. The third kappa shape index (κ3) is 5.28. The van der Waals surface area contributed by atoms with Crippen molar-refractivity contribution in [1.82, 2.24) is 5.16 Å². The first kappa shape index (κ1) is 22.5. The highest BCUT2D eigenvalue weighted by Gasteiger charge is 2.19. The topological polar surface area (TPSA) is 122 Å². The summed E-state index contributed by atoms with van der Waals surface area (Å²) in [4.78, 5) is 23.4. The zero-order valence-electron chi connectivity index (χ0n) is 17.1. The Morgan fingerprint density at radius 2 is 1.94 bits per heavy atom. The molecule has 0 aliphatic carbocycles. The zero-order valence-corrected chi connectivity index (χ0v) is 17.9. The van der Waals surface area contributed by atoms with Crippen LogP contribution < -0.4 is 5.32 Å². The second-order valence-corrected chi connectivity index (χ2v) is 7.27. The fourth-order valence-corrected chi connectivity index (χ4v) is 2.98. The van der Waals surface area contributed by atoms with Gasteiger partial charge < -0.3 is 9.84 Å². The number of carbonyl (C=O) groups excluding carboxylic acids is 1. The van der Waals surface area contributed by atoms with Crippen molar-refractivity contribution in [2.75, 3.05) is 5.32 Å². The smallest absolute Gasteiger partial charge is 0.276 e. The van der Waals surface area contributed by atoms with Gasteiger partial charge in [0, 0.05) is 11.1 Å². The van der Waals surface area contributed by atoms with Crippen LogP contribution in [0.2, 0.25) is 5.02 Å². The number of amides is 1. The van der Waals surface area contributed by atoms with Crippen LogP contribution in [0.1, 0.15) is 28.1 Å². The van der Waals surface area contributed by atoms with Gasteiger partial charge in [0.15, 0.2) is 5.76 Å². The summed E-state index contributed by atoms with van der Waals surface area (Å²) >= 11 is 5.91. The molecule has 1 N–H and O–H groups in total. The number of nitrogens with zero attached hydrogens (tertiary/aromatic N) is 3. The maximum absolute atomic E-state index is 12.7. The van der Waals surface area contributed by atoms with Gasteiger partial charge in [-0.15, -0.1) is 0 Å². The number of nitro groups is 1. The van der Waals surface area contributed by atoms with Gasteiger partial charge in [0.25, 0.3) is 11.6 Å². The van der Waals surface area contributed by atoms with Crippen molar-refractivity contribution >= 4 is 47.1 Å². The molecule has 0 aliphatic rings. The molecule has 0 radical (unpaired) electrons. The van der Waals surface area contributed by atoms with E-state index in [0.717, 1.165) is 17.2 Å². The molecule has 0 unspecified atom stereocenters. The summed E-state index contributed by atoms with van der Waals surface area (Å²) in [6.45, 7) is 3.62. The van der Waals surface area contributed by atoms with Gasteiger partial charge in [-0.2, -0.15) is 5.26 Å². The van der Waals surface area contributed by atoms with Crippen LogP contribution >= 0.6 is 11.6 Å². The molecule has 1 aromatic heterocycles. The molecular formula is C23H17ClN4O4. The van der Waals surface area contributed by atoms with Gasteiger partial charge in [0.05, 0.1) is 10.5 Å². The average Bonchev–Trinajstić information content (AvgIpc) is 3.10. The van der Waals surface area contributed by atoms with E-state index in [0.29, 0.717) is 17.1 Å². The molecular weight excluding hydrogens is 432 g/mol. The van der Waals surface area contributed by atoms with Crippen molar-refractivity contribution in [3.63, 3.8) is 0 Å². The van der Waals surface area contributed by atoms with E-state index in [-0.39, 0.29) is 21.8 Å². The predicted octanol–water partition coefficient (Wildman–Crippen LogP) is 5.57. The van der Waals surface area contributed by atoms with Crippen LogP contribution in [0.25, 0.3) is 18.2 Å². The van der Waals surface area contributed by atoms with Crippen LogP contribution in [-0.2, 0) is 4.79 Å². The number of anilines is 1. The van der Waals surface area contributed by atoms with Gasteiger partial charge in [-0.25, -0.2) is 0 Å². The van der Waals surface area contributed by atoms with Crippen molar-refractivity contribution in [3.8, 4) is 6.07 Å². The number of aryl methyl sites for hydroxylation is 2. The molecule has 0 atom stereocenters. The van der Waals surface area contributed by atoms with E-state index in [1.54, 1.807) is 25.1 Å². The van der Waals surface area contributed by atoms with Crippen molar-refractivity contribution in [1.29, 1.82) is 5.26 Å². The fourth-order valence-electron chi connectivity index (χ4n) is 2.79. The highest BCUT2D eigenvalue weighted by atomic mass is 35.5. The lowest BCUT2D eigenvalue weighted by atomic mass is 10.1. The van der Waals surface area contributed by atoms with Gasteiger partial charge in [0.1, 0.15) is 23.0 Å². The highest BCUT2D eigenvalue weighted by Crippen LogP contribution is 2.27. The lowest BCUT2D eigenvalue weighted by Crippen LogP contribution is -2.14. The first-order valence-corrected chi connectivity index (χ1v) is 9.74. The molecule has 9 heteroatoms. The average molecular weight is 449 g/mol. The quantitative estimate of drug-likeness (QED) is 0.227. The monoisotopic (exact) mass is 448 g/mol. The number of hydrogen-bond donors (Lipinski definition) is 1. The number of nitro benzene ring substituents is 1. The predicted molar refractivity (Wildman–Crippen MR) is 122 cm³/mol. The minimum atomic E-state index is -0.766. The van der Waals surface area contributed by atoms with Crippen molar-refractivity contribution in [2.24, 2.45) is 0 Å². The Morgan fingerprint density at radius 1 is 1.22 bits per heavy atom. The van der Waals surface area contributed by atoms with Crippen LogP contribution in [0.5, 0.6) is 0 Å². The summed E-state index contributed by atoms with van der Waals surface area (Å²) in [5, 5.41) is 27.4. The molecule has 3 rings (SSSR count). The van der Waals surface area contributed by atoms with Crippen LogP contribution in [0, 0.1) is 35.3 Å². The molecule has 3 aromatic rings. The first-order chi connectivity index (χ1) is 15.3. The molecule has 1 amide bonds. The molecule has 0 saturated carbocycles. The van der Waals surface area contributed by atoms with Crippen LogP contribution in [0.15, 0.2) is 52.6 Å². The van der Waals surface area contributed by atoms with E-state index in [4.69, 9.17) is 16.1 Å². The van der Waals surface area contributed by atoms with Crippen LogP contribution in [0.4, 0.5) is 11.4 Å². The molecule has 32 heavy (non-hydrogen) atoms. The molecule has 0 aliphatic heterocycles. The SMILES string of the molecule is Cc1ccc(/C=C/c2onc(C)c2NC(=O)/C(C#N)=C/c2cc(Cl)ccc2[N+](=O)[O-])cc1. The lowest BCUT2D eigenvalue weighted by molar-refractivity contribution is -0.385. The van der Waals surface area contributed by atoms with Crippen LogP contribution in [-0.4, -0.2) is 16.0 Å². The standard InChI is InChI=1S/C23H17ClN4O4/c1-14-3-5-16(6-4-14)7-10-21-22(15(2)27-32-21)26-23(29)18(13-25)11-17-12-19(24)8-9-20(17)28(30)31/h3-12H,1-2H3,(H,26,29)/b10-7+,18-11+. The minimum Gasteiger partial charge on any atom is -0.354 e. The minimum absolute atomic E-state index is 0.0377. The first-order valence-electron chi connectivity index (χ1n) is 9.36.